The summed E-state index contributed by atoms with van der Waals surface area (Å²) in [6, 6.07) is 6.56. The number of hydrogen-bond acceptors (Lipinski definition) is 0. The van der Waals surface area contributed by atoms with Crippen molar-refractivity contribution in [2.24, 2.45) is 5.92 Å². The second-order valence-electron chi connectivity index (χ2n) is 11.4. The zero-order chi connectivity index (χ0) is 31.9. The minimum atomic E-state index is -4.09. The Balaban J connectivity index is 2.08. The summed E-state index contributed by atoms with van der Waals surface area (Å²) in [7, 11) is 3.36. The molecule has 3 aromatic carbocycles. The second kappa shape index (κ2) is 10.4. The Morgan fingerprint density at radius 3 is 1.44 bits per heavy atom. The summed E-state index contributed by atoms with van der Waals surface area (Å²) in [5, 5.41) is 0. The smallest absolute Gasteiger partial charge is 0.200 e. The molecule has 2 aliphatic rings. The highest BCUT2D eigenvalue weighted by Gasteiger charge is 2.56. The molecule has 0 radical (unpaired) electrons. The van der Waals surface area contributed by atoms with Crippen LogP contribution in [0.15, 0.2) is 41.4 Å². The number of halogens is 10. The first-order valence-electron chi connectivity index (χ1n) is 13.3. The van der Waals surface area contributed by atoms with Crippen molar-refractivity contribution in [1.29, 1.82) is 0 Å². The largest absolute Gasteiger partial charge is 0.239 e. The lowest BCUT2D eigenvalue weighted by molar-refractivity contribution is -0.464. The monoisotopic (exact) mass is 611 g/mol. The lowest BCUT2D eigenvalue weighted by Gasteiger charge is -2.45. The summed E-state index contributed by atoms with van der Waals surface area (Å²) < 4.78 is 153. The van der Waals surface area contributed by atoms with Gasteiger partial charge in [-0.15, -0.1) is 22.8 Å². The van der Waals surface area contributed by atoms with Crippen molar-refractivity contribution >= 4 is 28.4 Å². The maximum absolute atomic E-state index is 15.9. The molecule has 43 heavy (non-hydrogen) atoms. The molecule has 0 fully saturated rings. The molecule has 2 atom stereocenters. The van der Waals surface area contributed by atoms with Crippen LogP contribution in [0.3, 0.4) is 0 Å². The first-order chi connectivity index (χ1) is 20.1. The Morgan fingerprint density at radius 1 is 0.651 bits per heavy atom. The fourth-order valence-electron chi connectivity index (χ4n) is 7.14. The number of hydrogen-bond donors (Lipinski definition) is 0. The van der Waals surface area contributed by atoms with Crippen molar-refractivity contribution < 1.29 is 48.5 Å². The summed E-state index contributed by atoms with van der Waals surface area (Å²) in [4.78, 5) is 0. The van der Waals surface area contributed by atoms with Crippen LogP contribution >= 0.6 is 0 Å². The van der Waals surface area contributed by atoms with Crippen molar-refractivity contribution in [3.05, 3.63) is 111 Å². The van der Waals surface area contributed by atoms with Gasteiger partial charge in [0.05, 0.1) is 6.15 Å². The number of nitrogens with zero attached hydrogens (tertiary/aromatic N) is 1. The minimum absolute atomic E-state index is 0.0868. The Kier molecular flexibility index (Phi) is 7.42. The molecule has 0 aromatic heterocycles. The van der Waals surface area contributed by atoms with E-state index < -0.39 is 87.0 Å². The van der Waals surface area contributed by atoms with Gasteiger partial charge in [0, 0.05) is 12.5 Å². The Morgan fingerprint density at radius 2 is 1.05 bits per heavy atom. The van der Waals surface area contributed by atoms with E-state index in [1.54, 1.807) is 56.8 Å². The van der Waals surface area contributed by atoms with Crippen molar-refractivity contribution in [3.63, 3.8) is 0 Å². The van der Waals surface area contributed by atoms with Gasteiger partial charge in [-0.1, -0.05) is 42.3 Å². The molecule has 0 saturated carbocycles. The predicted molar refractivity (Wildman–Crippen MR) is 144 cm³/mol. The van der Waals surface area contributed by atoms with E-state index in [0.29, 0.717) is 16.8 Å². The molecule has 0 N–H and O–H groups in total. The molecular formula is C31H24BF10N. The van der Waals surface area contributed by atoms with Gasteiger partial charge in [0.15, 0.2) is 40.6 Å². The SMILES string of the molecule is CC1=C(c2ccc(C)cc2)[C@H]2CC(C(C)=[N+](C)C)=C[C@H]2[B-]1(c1c(F)c(F)c(F)c(F)c1F)c1c(F)c(F)c(F)c(F)c1F. The third kappa shape index (κ3) is 4.12. The van der Waals surface area contributed by atoms with Crippen molar-refractivity contribution in [1.82, 2.24) is 0 Å². The molecule has 12 heteroatoms. The van der Waals surface area contributed by atoms with Crippen LogP contribution in [0.1, 0.15) is 31.4 Å². The van der Waals surface area contributed by atoms with Gasteiger partial charge in [-0.3, -0.25) is 0 Å². The predicted octanol–water partition coefficient (Wildman–Crippen LogP) is 7.03. The summed E-state index contributed by atoms with van der Waals surface area (Å²) in [5.41, 5.74) is -0.991. The number of fused-ring (bicyclic) bond motifs is 1. The number of benzene rings is 3. The standard InChI is InChI=1S/C31H24BF10N/c1-12-6-8-15(9-7-12)19-13(2)32(18-11-16(10-17(18)19)14(3)43(4)5,20-22(33)26(37)30(41)27(38)23(20)34)21-24(35)28(39)31(42)29(40)25(21)36/h6-9,11,17-18H,10H2,1-5H3/t17-,18+/m0/s1. The minimum Gasteiger partial charge on any atom is -0.239 e. The molecule has 0 saturated heterocycles. The highest BCUT2D eigenvalue weighted by molar-refractivity contribution is 7.10. The summed E-state index contributed by atoms with van der Waals surface area (Å²) in [5.74, 6) is -26.7. The van der Waals surface area contributed by atoms with Crippen LogP contribution < -0.4 is 10.9 Å². The van der Waals surface area contributed by atoms with Gasteiger partial charge in [-0.2, -0.15) is 0 Å². The van der Waals surface area contributed by atoms with E-state index in [4.69, 9.17) is 0 Å². The third-order valence-electron chi connectivity index (χ3n) is 9.25. The van der Waals surface area contributed by atoms with E-state index in [1.165, 1.54) is 13.0 Å². The van der Waals surface area contributed by atoms with E-state index in [1.807, 2.05) is 0 Å². The van der Waals surface area contributed by atoms with Crippen LogP contribution in [0, 0.1) is 71.0 Å². The third-order valence-corrected chi connectivity index (χ3v) is 9.25. The highest BCUT2D eigenvalue weighted by atomic mass is 19.2. The lowest BCUT2D eigenvalue weighted by atomic mass is 9.11. The fraction of sp³-hybridized carbons (Fsp3) is 0.258. The van der Waals surface area contributed by atoms with E-state index in [0.717, 1.165) is 5.56 Å². The van der Waals surface area contributed by atoms with Crippen molar-refractivity contribution in [2.45, 2.75) is 33.0 Å². The maximum Gasteiger partial charge on any atom is 0.200 e. The number of aryl methyl sites for hydroxylation is 1. The summed E-state index contributed by atoms with van der Waals surface area (Å²) in [6.07, 6.45) is -2.62. The van der Waals surface area contributed by atoms with Gasteiger partial charge >= 0.3 is 0 Å². The van der Waals surface area contributed by atoms with Gasteiger partial charge in [0.1, 0.15) is 37.4 Å². The van der Waals surface area contributed by atoms with Crippen molar-refractivity contribution in [3.8, 4) is 0 Å². The van der Waals surface area contributed by atoms with E-state index in [9.17, 15) is 26.3 Å². The first-order valence-corrected chi connectivity index (χ1v) is 13.3. The molecule has 0 bridgehead atoms. The van der Waals surface area contributed by atoms with Crippen LogP contribution in [-0.2, 0) is 0 Å². The van der Waals surface area contributed by atoms with Gasteiger partial charge in [0.2, 0.25) is 0 Å². The maximum atomic E-state index is 15.9. The normalized spacial score (nSPS) is 19.2. The molecule has 1 aliphatic heterocycles. The highest BCUT2D eigenvalue weighted by Crippen LogP contribution is 2.58. The average Bonchev–Trinajstić information content (AvgIpc) is 3.50. The topological polar surface area (TPSA) is 3.01 Å². The van der Waals surface area contributed by atoms with Gasteiger partial charge in [0.25, 0.3) is 0 Å². The van der Waals surface area contributed by atoms with E-state index >= 15 is 17.6 Å². The van der Waals surface area contributed by atoms with Crippen LogP contribution in [0.4, 0.5) is 43.9 Å². The van der Waals surface area contributed by atoms with Crippen molar-refractivity contribution in [2.75, 3.05) is 14.1 Å². The Hall–Kier alpha value is -3.83. The molecule has 0 unspecified atom stereocenters. The fourth-order valence-corrected chi connectivity index (χ4v) is 7.14. The van der Waals surface area contributed by atoms with Crippen LogP contribution in [0.5, 0.6) is 0 Å². The molecule has 1 aliphatic carbocycles. The lowest BCUT2D eigenvalue weighted by Crippen LogP contribution is -2.66. The quantitative estimate of drug-likeness (QED) is 0.0745. The number of rotatable bonds is 4. The molecule has 0 amide bonds. The van der Waals surface area contributed by atoms with Gasteiger partial charge < -0.3 is 0 Å². The zero-order valence-corrected chi connectivity index (χ0v) is 23.6. The Bertz CT molecular complexity index is 1670. The zero-order valence-electron chi connectivity index (χ0n) is 23.6. The van der Waals surface area contributed by atoms with Crippen LogP contribution in [0.2, 0.25) is 5.82 Å². The van der Waals surface area contributed by atoms with Crippen LogP contribution in [0.25, 0.3) is 5.57 Å². The molecule has 5 rings (SSSR count). The van der Waals surface area contributed by atoms with Gasteiger partial charge in [-0.25, -0.2) is 54.0 Å². The Labute approximate surface area is 240 Å². The molecular weight excluding hydrogens is 587 g/mol. The molecule has 0 spiro atoms. The second-order valence-corrected chi connectivity index (χ2v) is 11.4. The van der Waals surface area contributed by atoms with Crippen LogP contribution in [-0.4, -0.2) is 30.5 Å². The summed E-state index contributed by atoms with van der Waals surface area (Å²) >= 11 is 0. The average molecular weight is 611 g/mol. The molecule has 3 aromatic rings. The van der Waals surface area contributed by atoms with Gasteiger partial charge in [-0.05, 0) is 24.8 Å². The summed E-state index contributed by atoms with van der Waals surface area (Å²) in [6.45, 7) is 4.63. The molecule has 1 nitrogen and oxygen atoms in total. The molecule has 1 heterocycles. The number of allylic oxidation sites excluding steroid dienone is 4. The first kappa shape index (κ1) is 30.6. The van der Waals surface area contributed by atoms with E-state index in [2.05, 4.69) is 0 Å². The van der Waals surface area contributed by atoms with E-state index in [-0.39, 0.29) is 17.5 Å². The molecule has 226 valence electrons.